The van der Waals surface area contributed by atoms with Crippen LogP contribution in [-0.2, 0) is 0 Å². The maximum Gasteiger partial charge on any atom is -0.000696 e. The quantitative estimate of drug-likeness (QED) is 0.156. The second kappa shape index (κ2) is 12.7. The molecular formula is C62H36. The van der Waals surface area contributed by atoms with Crippen molar-refractivity contribution < 1.29 is 0 Å². The smallest absolute Gasteiger partial charge is 0.000696 e. The fraction of sp³-hybridized carbons (Fsp3) is 0. The zero-order valence-corrected chi connectivity index (χ0v) is 33.8. The highest BCUT2D eigenvalue weighted by Gasteiger charge is 2.28. The molecule has 0 nitrogen and oxygen atoms in total. The van der Waals surface area contributed by atoms with E-state index in [2.05, 4.69) is 218 Å². The highest BCUT2D eigenvalue weighted by Crippen LogP contribution is 2.57. The van der Waals surface area contributed by atoms with Gasteiger partial charge >= 0.3 is 0 Å². The fourth-order valence-electron chi connectivity index (χ4n) is 11.5. The molecule has 0 unspecified atom stereocenters. The summed E-state index contributed by atoms with van der Waals surface area (Å²) >= 11 is 0. The average Bonchev–Trinajstić information content (AvgIpc) is 3.84. The van der Waals surface area contributed by atoms with E-state index >= 15 is 0 Å². The summed E-state index contributed by atoms with van der Waals surface area (Å²) in [4.78, 5) is 0. The number of hydrogen-bond acceptors (Lipinski definition) is 0. The molecule has 0 saturated carbocycles. The lowest BCUT2D eigenvalue weighted by Gasteiger charge is -2.20. The van der Waals surface area contributed by atoms with Gasteiger partial charge < -0.3 is 0 Å². The molecule has 0 N–H and O–H groups in total. The summed E-state index contributed by atoms with van der Waals surface area (Å²) in [5, 5.41) is 23.4. The highest BCUT2D eigenvalue weighted by molar-refractivity contribution is 6.47. The Labute approximate surface area is 358 Å². The molecule has 0 fully saturated rings. The van der Waals surface area contributed by atoms with Gasteiger partial charge in [-0.3, -0.25) is 0 Å². The highest BCUT2D eigenvalue weighted by atomic mass is 14.3. The Bertz CT molecular complexity index is 4110. The first-order valence-electron chi connectivity index (χ1n) is 21.7. The van der Waals surface area contributed by atoms with Crippen molar-refractivity contribution in [3.05, 3.63) is 218 Å². The number of rotatable bonds is 4. The minimum atomic E-state index is 1.22. The molecule has 284 valence electrons. The lowest BCUT2D eigenvalue weighted by molar-refractivity contribution is 1.61. The van der Waals surface area contributed by atoms with Gasteiger partial charge in [-0.2, -0.15) is 0 Å². The maximum absolute atomic E-state index is 2.55. The third kappa shape index (κ3) is 4.51. The summed E-state index contributed by atoms with van der Waals surface area (Å²) in [6.45, 7) is 0. The maximum atomic E-state index is 2.55. The van der Waals surface area contributed by atoms with Crippen molar-refractivity contribution in [3.8, 4) is 44.5 Å². The van der Waals surface area contributed by atoms with E-state index in [1.807, 2.05) is 0 Å². The van der Waals surface area contributed by atoms with E-state index in [0.29, 0.717) is 0 Å². The Hall–Kier alpha value is -8.06. The first-order valence-corrected chi connectivity index (χ1v) is 21.7. The summed E-state index contributed by atoms with van der Waals surface area (Å²) in [5.74, 6) is 0. The van der Waals surface area contributed by atoms with Gasteiger partial charge in [0.2, 0.25) is 0 Å². The molecule has 0 radical (unpaired) electrons. The Kier molecular flexibility index (Phi) is 6.92. The van der Waals surface area contributed by atoms with Gasteiger partial charge in [-0.15, -0.1) is 0 Å². The molecule has 0 amide bonds. The van der Waals surface area contributed by atoms with Gasteiger partial charge in [0.25, 0.3) is 0 Å². The fourth-order valence-corrected chi connectivity index (χ4v) is 11.5. The first-order chi connectivity index (χ1) is 30.8. The third-order valence-corrected chi connectivity index (χ3v) is 13.9. The van der Waals surface area contributed by atoms with Gasteiger partial charge in [-0.05, 0) is 154 Å². The van der Waals surface area contributed by atoms with E-state index in [1.165, 1.54) is 141 Å². The minimum absolute atomic E-state index is 1.22. The van der Waals surface area contributed by atoms with Crippen molar-refractivity contribution in [2.24, 2.45) is 0 Å². The van der Waals surface area contributed by atoms with Crippen LogP contribution in [0.5, 0.6) is 0 Å². The standard InChI is InChI=1S/C62H36/c1-3-17-37(18-4-1)42-25-11-14-29-47(42)58-54-36-52-46-28-13-12-27-45(46)48-31-16-32-50(56(48)52)59(54)55(39-20-5-2-6-21-39)62-53-35-40-22-8-10-26-43(40)57-49(33-34-51(60(53)57)61(58)62)44-30-15-23-38-19-7-9-24-41(38)44/h1-36H. The van der Waals surface area contributed by atoms with Crippen molar-refractivity contribution in [3.63, 3.8) is 0 Å². The third-order valence-electron chi connectivity index (χ3n) is 13.9. The summed E-state index contributed by atoms with van der Waals surface area (Å²) in [6, 6.07) is 81.9. The van der Waals surface area contributed by atoms with Crippen molar-refractivity contribution in [1.29, 1.82) is 0 Å². The number of benzene rings is 12. The van der Waals surface area contributed by atoms with E-state index in [4.69, 9.17) is 0 Å². The molecule has 62 heavy (non-hydrogen) atoms. The second-order valence-corrected chi connectivity index (χ2v) is 17.0. The number of fused-ring (bicyclic) bond motifs is 11. The van der Waals surface area contributed by atoms with E-state index < -0.39 is 0 Å². The van der Waals surface area contributed by atoms with Crippen LogP contribution in [0.2, 0.25) is 0 Å². The molecule has 0 heteroatoms. The van der Waals surface area contributed by atoms with Crippen LogP contribution in [0.15, 0.2) is 218 Å². The van der Waals surface area contributed by atoms with E-state index in [0.717, 1.165) is 0 Å². The van der Waals surface area contributed by atoms with Crippen molar-refractivity contribution in [2.75, 3.05) is 0 Å². The van der Waals surface area contributed by atoms with E-state index in [1.54, 1.807) is 0 Å². The van der Waals surface area contributed by atoms with Gasteiger partial charge in [-0.25, -0.2) is 0 Å². The normalized spacial score (nSPS) is 12.2. The molecule has 0 aromatic heterocycles. The topological polar surface area (TPSA) is 0 Å². The van der Waals surface area contributed by atoms with Crippen LogP contribution in [0.3, 0.4) is 0 Å². The SMILES string of the molecule is c1ccc(-c2ccccc2-c2c3cc4c5ccccc5c5cccc(c3c(-c3ccccc3)c3c6cc7ccccc7c7c(-c8cccc9ccccc89)ccc(c23)c67)c54)cc1. The number of hydrogen-bond donors (Lipinski definition) is 0. The lowest BCUT2D eigenvalue weighted by Crippen LogP contribution is -1.93. The van der Waals surface area contributed by atoms with Crippen LogP contribution < -0.4 is 0 Å². The molecule has 0 spiro atoms. The van der Waals surface area contributed by atoms with Crippen LogP contribution in [0, 0.1) is 0 Å². The predicted octanol–water partition coefficient (Wildman–Crippen LogP) is 17.6. The van der Waals surface area contributed by atoms with E-state index in [9.17, 15) is 0 Å². The van der Waals surface area contributed by atoms with Crippen LogP contribution in [-0.4, -0.2) is 0 Å². The average molecular weight is 781 g/mol. The molecule has 14 rings (SSSR count). The van der Waals surface area contributed by atoms with Gasteiger partial charge in [-0.1, -0.05) is 206 Å². The Morgan fingerprint density at radius 1 is 0.177 bits per heavy atom. The Balaban J connectivity index is 1.30. The molecule has 0 aliphatic carbocycles. The van der Waals surface area contributed by atoms with Gasteiger partial charge in [0.1, 0.15) is 0 Å². The molecule has 14 aromatic carbocycles. The van der Waals surface area contributed by atoms with Gasteiger partial charge in [0.05, 0.1) is 0 Å². The van der Waals surface area contributed by atoms with E-state index in [-0.39, 0.29) is 0 Å². The molecule has 0 aliphatic rings. The molecule has 14 aromatic rings. The van der Waals surface area contributed by atoms with Crippen LogP contribution >= 0.6 is 0 Å². The molecule has 0 aliphatic heterocycles. The predicted molar refractivity (Wildman–Crippen MR) is 268 cm³/mol. The Morgan fingerprint density at radius 2 is 0.726 bits per heavy atom. The largest absolute Gasteiger partial charge is 0.0622 e. The summed E-state index contributed by atoms with van der Waals surface area (Å²) in [6.07, 6.45) is 0. The van der Waals surface area contributed by atoms with Crippen LogP contribution in [0.1, 0.15) is 0 Å². The monoisotopic (exact) mass is 780 g/mol. The zero-order valence-electron chi connectivity index (χ0n) is 33.8. The lowest BCUT2D eigenvalue weighted by atomic mass is 9.82. The van der Waals surface area contributed by atoms with Crippen LogP contribution in [0.4, 0.5) is 0 Å². The van der Waals surface area contributed by atoms with Crippen molar-refractivity contribution >= 4 is 97.0 Å². The second-order valence-electron chi connectivity index (χ2n) is 17.0. The molecular weight excluding hydrogens is 745 g/mol. The Morgan fingerprint density at radius 3 is 1.53 bits per heavy atom. The summed E-state index contributed by atoms with van der Waals surface area (Å²) in [7, 11) is 0. The molecule has 0 atom stereocenters. The summed E-state index contributed by atoms with van der Waals surface area (Å²) < 4.78 is 0. The molecule has 0 heterocycles. The van der Waals surface area contributed by atoms with Crippen molar-refractivity contribution in [2.45, 2.75) is 0 Å². The van der Waals surface area contributed by atoms with Crippen LogP contribution in [0.25, 0.3) is 141 Å². The minimum Gasteiger partial charge on any atom is -0.0622 e. The van der Waals surface area contributed by atoms with Gasteiger partial charge in [0, 0.05) is 0 Å². The first kappa shape index (κ1) is 33.7. The summed E-state index contributed by atoms with van der Waals surface area (Å²) in [5.41, 5.74) is 10.1. The van der Waals surface area contributed by atoms with Gasteiger partial charge in [0.15, 0.2) is 0 Å². The zero-order chi connectivity index (χ0) is 40.5. The molecule has 0 bridgehead atoms. The molecule has 0 saturated heterocycles. The van der Waals surface area contributed by atoms with Crippen molar-refractivity contribution in [1.82, 2.24) is 0 Å².